The molecule has 0 spiro atoms. The summed E-state index contributed by atoms with van der Waals surface area (Å²) >= 11 is 12.2. The van der Waals surface area contributed by atoms with E-state index < -0.39 is 15.9 Å². The molecule has 9 heteroatoms. The van der Waals surface area contributed by atoms with Crippen LogP contribution in [-0.4, -0.2) is 29.9 Å². The molecule has 0 unspecified atom stereocenters. The highest BCUT2D eigenvalue weighted by Gasteiger charge is 2.14. The molecular weight excluding hydrogens is 445 g/mol. The summed E-state index contributed by atoms with van der Waals surface area (Å²) in [4.78, 5) is 12.1. The van der Waals surface area contributed by atoms with Gasteiger partial charge in [0.1, 0.15) is 0 Å². The third-order valence-electron chi connectivity index (χ3n) is 4.43. The fraction of sp³-hybridized carbons (Fsp3) is 0.429. The Bertz CT molecular complexity index is 1010. The van der Waals surface area contributed by atoms with Gasteiger partial charge in [0.05, 0.1) is 23.7 Å². The normalized spacial score (nSPS) is 12.1. The number of aromatic nitrogens is 2. The highest BCUT2D eigenvalue weighted by Crippen LogP contribution is 2.23. The van der Waals surface area contributed by atoms with Crippen LogP contribution in [0.15, 0.2) is 30.3 Å². The van der Waals surface area contributed by atoms with E-state index in [2.05, 4.69) is 9.82 Å². The van der Waals surface area contributed by atoms with Crippen molar-refractivity contribution in [1.29, 1.82) is 0 Å². The number of unbranched alkanes of at least 4 members (excludes halogenated alkanes) is 2. The third-order valence-corrected chi connectivity index (χ3v) is 6.36. The molecule has 1 aromatic carbocycles. The van der Waals surface area contributed by atoms with E-state index in [0.717, 1.165) is 24.1 Å². The van der Waals surface area contributed by atoms with Crippen LogP contribution in [0.3, 0.4) is 0 Å². The summed E-state index contributed by atoms with van der Waals surface area (Å²) in [6.45, 7) is 6.41. The molecule has 1 amide bonds. The molecule has 0 bridgehead atoms. The minimum Gasteiger partial charge on any atom is -0.269 e. The summed E-state index contributed by atoms with van der Waals surface area (Å²) in [6.07, 6.45) is 4.99. The molecule has 0 aliphatic rings. The van der Waals surface area contributed by atoms with Gasteiger partial charge in [-0.1, -0.05) is 62.9 Å². The Morgan fingerprint density at radius 3 is 2.60 bits per heavy atom. The fourth-order valence-electron chi connectivity index (χ4n) is 2.75. The Kier molecular flexibility index (Phi) is 8.94. The maximum absolute atomic E-state index is 12.1. The number of nitrogens with one attached hydrogen (secondary N) is 1. The summed E-state index contributed by atoms with van der Waals surface area (Å²) < 4.78 is 27.8. The number of sulfonamides is 1. The highest BCUT2D eigenvalue weighted by atomic mass is 35.5. The number of halogens is 2. The van der Waals surface area contributed by atoms with Crippen molar-refractivity contribution in [3.63, 3.8) is 0 Å². The van der Waals surface area contributed by atoms with Crippen LogP contribution in [0, 0.1) is 0 Å². The van der Waals surface area contributed by atoms with Crippen LogP contribution in [0.2, 0.25) is 10.0 Å². The molecule has 0 radical (unpaired) electrons. The quantitative estimate of drug-likeness (QED) is 0.389. The number of hydrogen-bond acceptors (Lipinski definition) is 4. The third kappa shape index (κ3) is 7.45. The minimum atomic E-state index is -3.64. The smallest absolute Gasteiger partial charge is 0.257 e. The van der Waals surface area contributed by atoms with Crippen molar-refractivity contribution in [3.8, 4) is 0 Å². The summed E-state index contributed by atoms with van der Waals surface area (Å²) in [5, 5.41) is 5.66. The van der Waals surface area contributed by atoms with Gasteiger partial charge < -0.3 is 0 Å². The Hall–Kier alpha value is -1.83. The van der Waals surface area contributed by atoms with E-state index in [1.54, 1.807) is 22.9 Å². The first-order valence-electron chi connectivity index (χ1n) is 9.85. The lowest BCUT2D eigenvalue weighted by Gasteiger charge is -2.08. The maximum atomic E-state index is 12.1. The molecule has 2 rings (SSSR count). The molecule has 1 aromatic heterocycles. The second-order valence-corrected chi connectivity index (χ2v) is 10.1. The molecule has 0 saturated heterocycles. The van der Waals surface area contributed by atoms with Crippen molar-refractivity contribution < 1.29 is 13.2 Å². The number of amides is 1. The molecule has 0 aliphatic heterocycles. The van der Waals surface area contributed by atoms with Gasteiger partial charge >= 0.3 is 0 Å². The van der Waals surface area contributed by atoms with Gasteiger partial charge in [-0.25, -0.2) is 13.1 Å². The van der Waals surface area contributed by atoms with Gasteiger partial charge in [-0.3, -0.25) is 9.48 Å². The highest BCUT2D eigenvalue weighted by molar-refractivity contribution is 7.90. The molecular formula is C21H27Cl2N3O3S. The first kappa shape index (κ1) is 24.4. The lowest BCUT2D eigenvalue weighted by Crippen LogP contribution is -2.31. The van der Waals surface area contributed by atoms with Gasteiger partial charge in [0.2, 0.25) is 10.0 Å². The van der Waals surface area contributed by atoms with Crippen molar-refractivity contribution in [3.05, 3.63) is 57.3 Å². The molecule has 6 nitrogen and oxygen atoms in total. The van der Waals surface area contributed by atoms with Crippen molar-refractivity contribution in [2.24, 2.45) is 0 Å². The Labute approximate surface area is 188 Å². The number of benzene rings is 1. The molecule has 0 aliphatic carbocycles. The zero-order valence-corrected chi connectivity index (χ0v) is 19.7. The molecule has 1 heterocycles. The Morgan fingerprint density at radius 1 is 1.23 bits per heavy atom. The van der Waals surface area contributed by atoms with Gasteiger partial charge in [-0.15, -0.1) is 0 Å². The predicted molar refractivity (Wildman–Crippen MR) is 122 cm³/mol. The van der Waals surface area contributed by atoms with E-state index in [1.165, 1.54) is 6.08 Å². The van der Waals surface area contributed by atoms with E-state index >= 15 is 0 Å². The monoisotopic (exact) mass is 471 g/mol. The number of carbonyl (C=O) groups excluding carboxylic acids is 1. The van der Waals surface area contributed by atoms with Crippen molar-refractivity contribution in [1.82, 2.24) is 14.5 Å². The molecule has 0 saturated carbocycles. The second kappa shape index (κ2) is 11.0. The standard InChI is InChI=1S/C21H27Cl2N3O3S/c1-4-5-6-11-30(28,29)25-21(27)10-9-18-13-20(15(2)3)24-26(18)14-16-7-8-17(22)12-19(16)23/h7-10,12-13,15H,4-6,11,14H2,1-3H3,(H,25,27)/b10-9+. The summed E-state index contributed by atoms with van der Waals surface area (Å²) in [5.74, 6) is -0.563. The maximum Gasteiger partial charge on any atom is 0.257 e. The molecule has 164 valence electrons. The Balaban J connectivity index is 2.18. The van der Waals surface area contributed by atoms with Crippen molar-refractivity contribution in [2.75, 3.05) is 5.75 Å². The number of rotatable bonds is 10. The molecule has 2 aromatic rings. The Morgan fingerprint density at radius 2 is 1.97 bits per heavy atom. The lowest BCUT2D eigenvalue weighted by molar-refractivity contribution is -0.114. The van der Waals surface area contributed by atoms with E-state index in [4.69, 9.17) is 23.2 Å². The number of carbonyl (C=O) groups is 1. The lowest BCUT2D eigenvalue weighted by atomic mass is 10.1. The van der Waals surface area contributed by atoms with Gasteiger partial charge in [-0.2, -0.15) is 5.10 Å². The van der Waals surface area contributed by atoms with Crippen LogP contribution in [-0.2, 0) is 21.4 Å². The van der Waals surface area contributed by atoms with Crippen molar-refractivity contribution in [2.45, 2.75) is 52.5 Å². The fourth-order valence-corrected chi connectivity index (χ4v) is 4.28. The zero-order chi connectivity index (χ0) is 22.3. The van der Waals surface area contributed by atoms with E-state index in [-0.39, 0.29) is 11.7 Å². The van der Waals surface area contributed by atoms with Crippen molar-refractivity contribution >= 4 is 45.2 Å². The first-order valence-corrected chi connectivity index (χ1v) is 12.3. The average Bonchev–Trinajstić information content (AvgIpc) is 3.05. The molecule has 1 N–H and O–H groups in total. The zero-order valence-electron chi connectivity index (χ0n) is 17.4. The predicted octanol–water partition coefficient (Wildman–Crippen LogP) is 5.01. The largest absolute Gasteiger partial charge is 0.269 e. The van der Waals surface area contributed by atoms with Crippen LogP contribution < -0.4 is 4.72 Å². The van der Waals surface area contributed by atoms with Gasteiger partial charge in [0.15, 0.2) is 0 Å². The van der Waals surface area contributed by atoms with Crippen LogP contribution in [0.25, 0.3) is 6.08 Å². The first-order chi connectivity index (χ1) is 14.1. The summed E-state index contributed by atoms with van der Waals surface area (Å²) in [7, 11) is -3.64. The number of nitrogens with zero attached hydrogens (tertiary/aromatic N) is 2. The van der Waals surface area contributed by atoms with Gasteiger partial charge in [0.25, 0.3) is 5.91 Å². The summed E-state index contributed by atoms with van der Waals surface area (Å²) in [5.41, 5.74) is 2.35. The van der Waals surface area contributed by atoms with Crippen LogP contribution >= 0.6 is 23.2 Å². The van der Waals surface area contributed by atoms with E-state index in [9.17, 15) is 13.2 Å². The molecule has 0 fully saturated rings. The van der Waals surface area contributed by atoms with Crippen LogP contribution in [0.1, 0.15) is 62.9 Å². The van der Waals surface area contributed by atoms with Gasteiger partial charge in [0, 0.05) is 16.1 Å². The molecule has 0 atom stereocenters. The second-order valence-electron chi connectivity index (χ2n) is 7.37. The summed E-state index contributed by atoms with van der Waals surface area (Å²) in [6, 6.07) is 7.11. The van der Waals surface area contributed by atoms with E-state index in [1.807, 2.05) is 32.9 Å². The van der Waals surface area contributed by atoms with E-state index in [0.29, 0.717) is 28.7 Å². The SMILES string of the molecule is CCCCCS(=O)(=O)NC(=O)/C=C/c1cc(C(C)C)nn1Cc1ccc(Cl)cc1Cl. The van der Waals surface area contributed by atoms with Gasteiger partial charge in [-0.05, 0) is 42.2 Å². The topological polar surface area (TPSA) is 81.1 Å². The minimum absolute atomic E-state index is 0.0646. The molecule has 30 heavy (non-hydrogen) atoms. The van der Waals surface area contributed by atoms with Crippen LogP contribution in [0.5, 0.6) is 0 Å². The van der Waals surface area contributed by atoms with Crippen LogP contribution in [0.4, 0.5) is 0 Å². The number of hydrogen-bond donors (Lipinski definition) is 1. The average molecular weight is 472 g/mol.